The van der Waals surface area contributed by atoms with Gasteiger partial charge in [-0.3, -0.25) is 9.89 Å². The average molecular weight is 467 g/mol. The fraction of sp³-hybridized carbons (Fsp3) is 0.0769. The first-order chi connectivity index (χ1) is 16.7. The van der Waals surface area contributed by atoms with E-state index in [0.717, 1.165) is 22.0 Å². The second-order valence-electron chi connectivity index (χ2n) is 7.77. The van der Waals surface area contributed by atoms with Crippen LogP contribution in [0.5, 0.6) is 0 Å². The van der Waals surface area contributed by atoms with Gasteiger partial charge < -0.3 is 9.72 Å². The molecule has 0 amide bonds. The molecule has 2 aromatic carbocycles. The number of pyridine rings is 1. The lowest BCUT2D eigenvalue weighted by Gasteiger charge is -2.15. The largest absolute Gasteiger partial charge is 0.462 e. The number of H-pyrrole nitrogens is 2. The van der Waals surface area contributed by atoms with Crippen molar-refractivity contribution in [2.75, 3.05) is 6.61 Å². The molecule has 0 spiro atoms. The summed E-state index contributed by atoms with van der Waals surface area (Å²) in [7, 11) is 0. The van der Waals surface area contributed by atoms with Gasteiger partial charge in [0.2, 0.25) is 5.43 Å². The van der Waals surface area contributed by atoms with E-state index in [2.05, 4.69) is 15.2 Å². The number of aromatic nitrogens is 4. The van der Waals surface area contributed by atoms with Crippen molar-refractivity contribution in [1.29, 1.82) is 0 Å². The summed E-state index contributed by atoms with van der Waals surface area (Å²) in [5, 5.41) is 8.64. The van der Waals surface area contributed by atoms with E-state index in [1.165, 1.54) is 17.5 Å². The number of hydrogen-bond donors (Lipinski definition) is 2. The van der Waals surface area contributed by atoms with Gasteiger partial charge in [0.15, 0.2) is 0 Å². The van der Waals surface area contributed by atoms with Gasteiger partial charge in [0, 0.05) is 39.2 Å². The van der Waals surface area contributed by atoms with Crippen LogP contribution in [0.3, 0.4) is 0 Å². The summed E-state index contributed by atoms with van der Waals surface area (Å²) in [5.41, 5.74) is 4.45. The Kier molecular flexibility index (Phi) is 4.74. The van der Waals surface area contributed by atoms with Gasteiger partial charge >= 0.3 is 5.97 Å². The minimum Gasteiger partial charge on any atom is -0.462 e. The summed E-state index contributed by atoms with van der Waals surface area (Å²) >= 11 is 1.29. The van der Waals surface area contributed by atoms with Crippen LogP contribution in [0.15, 0.2) is 71.8 Å². The highest BCUT2D eigenvalue weighted by molar-refractivity contribution is 7.25. The van der Waals surface area contributed by atoms with E-state index >= 15 is 0 Å². The molecule has 0 aliphatic heterocycles. The molecule has 0 fully saturated rings. The van der Waals surface area contributed by atoms with E-state index in [-0.39, 0.29) is 12.0 Å². The zero-order valence-corrected chi connectivity index (χ0v) is 18.9. The highest BCUT2D eigenvalue weighted by Gasteiger charge is 2.28. The lowest BCUT2D eigenvalue weighted by molar-refractivity contribution is 0.0528. The Labute approximate surface area is 197 Å². The van der Waals surface area contributed by atoms with Crippen molar-refractivity contribution in [1.82, 2.24) is 20.2 Å². The SMILES string of the molecule is CCOC(=O)c1c(-c2ccccc2)nc2sc3c(=O)cn[nH]c3c2c1-c1c[nH]c2ccccc12. The number of nitrogens with zero attached hydrogens (tertiary/aromatic N) is 2. The maximum Gasteiger partial charge on any atom is 0.341 e. The molecule has 0 saturated heterocycles. The molecule has 7 nitrogen and oxygen atoms in total. The molecule has 4 aromatic heterocycles. The van der Waals surface area contributed by atoms with Gasteiger partial charge in [-0.15, -0.1) is 11.3 Å². The second-order valence-corrected chi connectivity index (χ2v) is 8.76. The van der Waals surface area contributed by atoms with E-state index in [1.54, 1.807) is 6.92 Å². The number of aromatic amines is 2. The van der Waals surface area contributed by atoms with Crippen molar-refractivity contribution >= 4 is 48.6 Å². The average Bonchev–Trinajstić information content (AvgIpc) is 3.46. The Hall–Kier alpha value is -4.30. The Morgan fingerprint density at radius 1 is 1.09 bits per heavy atom. The van der Waals surface area contributed by atoms with E-state index in [9.17, 15) is 9.59 Å². The maximum atomic E-state index is 13.5. The first kappa shape index (κ1) is 20.3. The predicted octanol–water partition coefficient (Wildman–Crippen LogP) is 5.52. The van der Waals surface area contributed by atoms with Crippen LogP contribution >= 0.6 is 11.3 Å². The van der Waals surface area contributed by atoms with Gasteiger partial charge in [-0.25, -0.2) is 9.78 Å². The Morgan fingerprint density at radius 2 is 1.88 bits per heavy atom. The molecular weight excluding hydrogens is 448 g/mol. The number of nitrogens with one attached hydrogen (secondary N) is 2. The molecule has 0 radical (unpaired) electrons. The molecule has 166 valence electrons. The predicted molar refractivity (Wildman–Crippen MR) is 134 cm³/mol. The highest BCUT2D eigenvalue weighted by atomic mass is 32.1. The molecule has 4 heterocycles. The summed E-state index contributed by atoms with van der Waals surface area (Å²) in [6.07, 6.45) is 3.14. The van der Waals surface area contributed by atoms with Crippen molar-refractivity contribution in [3.63, 3.8) is 0 Å². The summed E-state index contributed by atoms with van der Waals surface area (Å²) in [4.78, 5) is 35.0. The van der Waals surface area contributed by atoms with Crippen molar-refractivity contribution < 1.29 is 9.53 Å². The van der Waals surface area contributed by atoms with Gasteiger partial charge in [-0.1, -0.05) is 48.5 Å². The number of carbonyl (C=O) groups is 1. The van der Waals surface area contributed by atoms with Gasteiger partial charge in [0.05, 0.1) is 29.6 Å². The van der Waals surface area contributed by atoms with Gasteiger partial charge in [0.25, 0.3) is 0 Å². The second kappa shape index (κ2) is 7.93. The van der Waals surface area contributed by atoms with Crippen LogP contribution in [0.25, 0.3) is 53.7 Å². The molecule has 34 heavy (non-hydrogen) atoms. The fourth-order valence-corrected chi connectivity index (χ4v) is 5.42. The normalized spacial score (nSPS) is 11.4. The van der Waals surface area contributed by atoms with Crippen molar-refractivity contribution in [3.05, 3.63) is 82.8 Å². The molecule has 2 N–H and O–H groups in total. The number of thiophene rings is 1. The number of esters is 1. The van der Waals surface area contributed by atoms with Crippen molar-refractivity contribution in [2.24, 2.45) is 0 Å². The van der Waals surface area contributed by atoms with Crippen LogP contribution in [0.2, 0.25) is 0 Å². The third kappa shape index (κ3) is 3.03. The highest BCUT2D eigenvalue weighted by Crippen LogP contribution is 2.44. The standard InChI is InChI=1S/C26H18N4O3S/c1-2-33-26(32)21-19(16-12-27-17-11-7-6-10-15(16)17)20-23-24(18(31)13-28-30-23)34-25(20)29-22(21)14-8-4-3-5-9-14/h3-13,27H,2H2,1H3,(H,30,31). The van der Waals surface area contributed by atoms with E-state index in [1.807, 2.05) is 60.8 Å². The number of ether oxygens (including phenoxy) is 1. The molecule has 6 rings (SSSR count). The minimum atomic E-state index is -0.471. The van der Waals surface area contributed by atoms with E-state index < -0.39 is 5.97 Å². The zero-order chi connectivity index (χ0) is 23.2. The molecule has 0 aliphatic rings. The summed E-state index contributed by atoms with van der Waals surface area (Å²) in [6, 6.07) is 17.4. The topological polar surface area (TPSA) is 101 Å². The van der Waals surface area contributed by atoms with Crippen molar-refractivity contribution in [2.45, 2.75) is 6.92 Å². The third-order valence-electron chi connectivity index (χ3n) is 5.81. The fourth-order valence-electron chi connectivity index (χ4n) is 4.38. The van der Waals surface area contributed by atoms with Crippen LogP contribution in [-0.2, 0) is 4.74 Å². The molecule has 8 heteroatoms. The lowest BCUT2D eigenvalue weighted by Crippen LogP contribution is -2.10. The number of benzene rings is 2. The number of carbonyl (C=O) groups excluding carboxylic acids is 1. The molecule has 0 saturated carbocycles. The van der Waals surface area contributed by atoms with Crippen LogP contribution in [0, 0.1) is 0 Å². The van der Waals surface area contributed by atoms with E-state index in [4.69, 9.17) is 9.72 Å². The van der Waals surface area contributed by atoms with Crippen LogP contribution in [-0.4, -0.2) is 32.7 Å². The summed E-state index contributed by atoms with van der Waals surface area (Å²) < 4.78 is 6.04. The quantitative estimate of drug-likeness (QED) is 0.333. The van der Waals surface area contributed by atoms with Crippen molar-refractivity contribution in [3.8, 4) is 22.4 Å². The summed E-state index contributed by atoms with van der Waals surface area (Å²) in [5.74, 6) is -0.471. The Bertz CT molecular complexity index is 1770. The van der Waals surface area contributed by atoms with Gasteiger partial charge in [-0.05, 0) is 13.0 Å². The number of para-hydroxylation sites is 1. The number of fused-ring (bicyclic) bond motifs is 4. The lowest BCUT2D eigenvalue weighted by atomic mass is 9.93. The Morgan fingerprint density at radius 3 is 2.71 bits per heavy atom. The van der Waals surface area contributed by atoms with Crippen LogP contribution in [0.4, 0.5) is 0 Å². The van der Waals surface area contributed by atoms with Gasteiger partial charge in [0.1, 0.15) is 9.53 Å². The number of rotatable bonds is 4. The molecular formula is C26H18N4O3S. The smallest absolute Gasteiger partial charge is 0.341 e. The molecule has 0 unspecified atom stereocenters. The minimum absolute atomic E-state index is 0.194. The molecule has 0 aliphatic carbocycles. The molecule has 0 bridgehead atoms. The first-order valence-electron chi connectivity index (χ1n) is 10.8. The molecule has 6 aromatic rings. The van der Waals surface area contributed by atoms with E-state index in [0.29, 0.717) is 37.3 Å². The monoisotopic (exact) mass is 466 g/mol. The maximum absolute atomic E-state index is 13.5. The Balaban J connectivity index is 1.86. The van der Waals surface area contributed by atoms with Crippen LogP contribution < -0.4 is 5.43 Å². The van der Waals surface area contributed by atoms with Crippen LogP contribution in [0.1, 0.15) is 17.3 Å². The first-order valence-corrected chi connectivity index (χ1v) is 11.6. The number of hydrogen-bond acceptors (Lipinski definition) is 6. The van der Waals surface area contributed by atoms with Gasteiger partial charge in [-0.2, -0.15) is 5.10 Å². The third-order valence-corrected chi connectivity index (χ3v) is 6.91. The summed E-state index contributed by atoms with van der Waals surface area (Å²) in [6.45, 7) is 2.00. The zero-order valence-electron chi connectivity index (χ0n) is 18.1. The molecule has 0 atom stereocenters.